The van der Waals surface area contributed by atoms with E-state index < -0.39 is 5.97 Å². The predicted molar refractivity (Wildman–Crippen MR) is 99.7 cm³/mol. The third-order valence-electron chi connectivity index (χ3n) is 4.76. The number of hydrogen-bond acceptors (Lipinski definition) is 2. The van der Waals surface area contributed by atoms with Crippen LogP contribution in [0.2, 0.25) is 0 Å². The molecule has 2 heterocycles. The summed E-state index contributed by atoms with van der Waals surface area (Å²) in [7, 11) is 0. The van der Waals surface area contributed by atoms with Gasteiger partial charge in [-0.25, -0.2) is 4.39 Å². The molecule has 130 valence electrons. The molecule has 2 aromatic carbocycles. The Balaban J connectivity index is 2.13. The van der Waals surface area contributed by atoms with Crippen LogP contribution in [0.25, 0.3) is 32.9 Å². The number of carbonyl (C=O) groups is 1. The maximum atomic E-state index is 14.2. The molecule has 1 N–H and O–H groups in total. The number of aryl methyl sites for hydroxylation is 1. The first-order chi connectivity index (χ1) is 12.5. The molecule has 5 heteroatoms. The Morgan fingerprint density at radius 3 is 2.73 bits per heavy atom. The molecular formula is C21H17FN2O2. The Bertz CT molecular complexity index is 1180. The van der Waals surface area contributed by atoms with E-state index in [9.17, 15) is 14.3 Å². The van der Waals surface area contributed by atoms with Crippen LogP contribution in [0.4, 0.5) is 4.39 Å². The first-order valence-electron chi connectivity index (χ1n) is 8.32. The second kappa shape index (κ2) is 5.95. The molecule has 0 atom stereocenters. The van der Waals surface area contributed by atoms with Gasteiger partial charge in [-0.15, -0.1) is 0 Å². The highest BCUT2D eigenvalue weighted by molar-refractivity contribution is 6.06. The zero-order chi connectivity index (χ0) is 18.4. The molecule has 26 heavy (non-hydrogen) atoms. The standard InChI is InChI=1S/C21H17FN2O2/c1-12-6-7-18-16(10-12)20(13(2)24(18)11-19(25)26)14-8-9-23-21-15(14)4-3-5-17(21)22/h3-10H,11H2,1-2H3,(H,25,26). The Morgan fingerprint density at radius 1 is 1.15 bits per heavy atom. The highest BCUT2D eigenvalue weighted by atomic mass is 19.1. The van der Waals surface area contributed by atoms with Crippen LogP contribution in [0.15, 0.2) is 48.7 Å². The smallest absolute Gasteiger partial charge is 0.323 e. The van der Waals surface area contributed by atoms with Gasteiger partial charge >= 0.3 is 5.97 Å². The number of fused-ring (bicyclic) bond motifs is 2. The second-order valence-corrected chi connectivity index (χ2v) is 6.46. The molecule has 2 aromatic heterocycles. The summed E-state index contributed by atoms with van der Waals surface area (Å²) < 4.78 is 16.0. The molecule has 0 aliphatic heterocycles. The van der Waals surface area contributed by atoms with Gasteiger partial charge < -0.3 is 9.67 Å². The highest BCUT2D eigenvalue weighted by Gasteiger charge is 2.19. The normalized spacial score (nSPS) is 11.3. The minimum atomic E-state index is -0.900. The van der Waals surface area contributed by atoms with E-state index in [1.807, 2.05) is 44.2 Å². The number of benzene rings is 2. The van der Waals surface area contributed by atoms with Gasteiger partial charge in [0, 0.05) is 33.7 Å². The molecule has 0 bridgehead atoms. The van der Waals surface area contributed by atoms with Gasteiger partial charge in [0.05, 0.1) is 0 Å². The molecule has 4 aromatic rings. The molecule has 0 saturated heterocycles. The number of para-hydroxylation sites is 1. The Morgan fingerprint density at radius 2 is 1.96 bits per heavy atom. The Kier molecular flexibility index (Phi) is 3.72. The molecule has 0 aliphatic rings. The van der Waals surface area contributed by atoms with Gasteiger partial charge in [0.25, 0.3) is 0 Å². The fourth-order valence-electron chi connectivity index (χ4n) is 3.63. The topological polar surface area (TPSA) is 55.1 Å². The Hall–Kier alpha value is -3.21. The summed E-state index contributed by atoms with van der Waals surface area (Å²) in [6, 6.07) is 12.7. The fraction of sp³-hybridized carbons (Fsp3) is 0.143. The van der Waals surface area contributed by atoms with Crippen LogP contribution in [-0.4, -0.2) is 20.6 Å². The van der Waals surface area contributed by atoms with Crippen molar-refractivity contribution < 1.29 is 14.3 Å². The zero-order valence-corrected chi connectivity index (χ0v) is 14.5. The molecule has 4 rings (SSSR count). The highest BCUT2D eigenvalue weighted by Crippen LogP contribution is 2.38. The SMILES string of the molecule is Cc1ccc2c(c1)c(-c1ccnc3c(F)cccc13)c(C)n2CC(=O)O. The number of halogens is 1. The monoisotopic (exact) mass is 348 g/mol. The predicted octanol–water partition coefficient (Wildman–Crippen LogP) is 4.70. The second-order valence-electron chi connectivity index (χ2n) is 6.46. The van der Waals surface area contributed by atoms with Crippen LogP contribution in [-0.2, 0) is 11.3 Å². The van der Waals surface area contributed by atoms with Gasteiger partial charge in [-0.05, 0) is 43.7 Å². The number of aliphatic carboxylic acids is 1. The summed E-state index contributed by atoms with van der Waals surface area (Å²) in [4.78, 5) is 15.5. The number of rotatable bonds is 3. The van der Waals surface area contributed by atoms with Crippen molar-refractivity contribution in [3.63, 3.8) is 0 Å². The van der Waals surface area contributed by atoms with Crippen LogP contribution in [0.5, 0.6) is 0 Å². The average molecular weight is 348 g/mol. The summed E-state index contributed by atoms with van der Waals surface area (Å²) in [5, 5.41) is 11.0. The maximum absolute atomic E-state index is 14.2. The van der Waals surface area contributed by atoms with Crippen molar-refractivity contribution in [2.45, 2.75) is 20.4 Å². The first kappa shape index (κ1) is 16.3. The van der Waals surface area contributed by atoms with Gasteiger partial charge in [0.1, 0.15) is 17.9 Å². The molecule has 0 aliphatic carbocycles. The van der Waals surface area contributed by atoms with Crippen LogP contribution < -0.4 is 0 Å². The summed E-state index contributed by atoms with van der Waals surface area (Å²) in [5.41, 5.74) is 4.86. The summed E-state index contributed by atoms with van der Waals surface area (Å²) in [5.74, 6) is -1.27. The van der Waals surface area contributed by atoms with E-state index in [-0.39, 0.29) is 12.4 Å². The number of hydrogen-bond donors (Lipinski definition) is 1. The third kappa shape index (κ3) is 2.44. The van der Waals surface area contributed by atoms with E-state index in [1.54, 1.807) is 16.8 Å². The molecule has 0 unspecified atom stereocenters. The van der Waals surface area contributed by atoms with Crippen molar-refractivity contribution >= 4 is 27.8 Å². The van der Waals surface area contributed by atoms with Gasteiger partial charge in [-0.1, -0.05) is 23.8 Å². The summed E-state index contributed by atoms with van der Waals surface area (Å²) in [6.45, 7) is 3.78. The van der Waals surface area contributed by atoms with E-state index in [0.717, 1.165) is 33.3 Å². The number of aromatic nitrogens is 2. The van der Waals surface area contributed by atoms with Crippen LogP contribution >= 0.6 is 0 Å². The Labute approximate surface area is 149 Å². The molecule has 0 fully saturated rings. The van der Waals surface area contributed by atoms with Gasteiger partial charge in [-0.2, -0.15) is 0 Å². The summed E-state index contributed by atoms with van der Waals surface area (Å²) in [6.07, 6.45) is 1.59. The minimum absolute atomic E-state index is 0.122. The van der Waals surface area contributed by atoms with Crippen molar-refractivity contribution in [2.24, 2.45) is 0 Å². The fourth-order valence-corrected chi connectivity index (χ4v) is 3.63. The van der Waals surface area contributed by atoms with Crippen molar-refractivity contribution in [3.8, 4) is 11.1 Å². The molecule has 0 saturated carbocycles. The number of carboxylic acid groups (broad SMARTS) is 1. The lowest BCUT2D eigenvalue weighted by molar-refractivity contribution is -0.137. The van der Waals surface area contributed by atoms with Crippen molar-refractivity contribution in [1.29, 1.82) is 0 Å². The first-order valence-corrected chi connectivity index (χ1v) is 8.32. The van der Waals surface area contributed by atoms with Gasteiger partial charge in [0.15, 0.2) is 0 Å². The van der Waals surface area contributed by atoms with E-state index in [2.05, 4.69) is 4.98 Å². The molecule has 0 spiro atoms. The van der Waals surface area contributed by atoms with Crippen LogP contribution in [0.3, 0.4) is 0 Å². The van der Waals surface area contributed by atoms with Gasteiger partial charge in [0.2, 0.25) is 0 Å². The quantitative estimate of drug-likeness (QED) is 0.584. The maximum Gasteiger partial charge on any atom is 0.323 e. The van der Waals surface area contributed by atoms with E-state index in [1.165, 1.54) is 6.07 Å². The van der Waals surface area contributed by atoms with Crippen molar-refractivity contribution in [3.05, 3.63) is 65.7 Å². The lowest BCUT2D eigenvalue weighted by atomic mass is 9.98. The van der Waals surface area contributed by atoms with Crippen LogP contribution in [0, 0.1) is 19.7 Å². The van der Waals surface area contributed by atoms with Crippen molar-refractivity contribution in [1.82, 2.24) is 9.55 Å². The third-order valence-corrected chi connectivity index (χ3v) is 4.76. The van der Waals surface area contributed by atoms with Gasteiger partial charge in [-0.3, -0.25) is 9.78 Å². The molecule has 0 amide bonds. The van der Waals surface area contributed by atoms with E-state index >= 15 is 0 Å². The number of nitrogens with zero attached hydrogens (tertiary/aromatic N) is 2. The number of pyridine rings is 1. The van der Waals surface area contributed by atoms with E-state index in [0.29, 0.717) is 10.9 Å². The molecular weight excluding hydrogens is 331 g/mol. The molecule has 4 nitrogen and oxygen atoms in total. The lowest BCUT2D eigenvalue weighted by Gasteiger charge is -2.09. The van der Waals surface area contributed by atoms with E-state index in [4.69, 9.17) is 0 Å². The minimum Gasteiger partial charge on any atom is -0.480 e. The number of carboxylic acids is 1. The largest absolute Gasteiger partial charge is 0.480 e. The zero-order valence-electron chi connectivity index (χ0n) is 14.5. The average Bonchev–Trinajstić information content (AvgIpc) is 2.86. The molecule has 0 radical (unpaired) electrons. The van der Waals surface area contributed by atoms with Crippen LogP contribution in [0.1, 0.15) is 11.3 Å². The lowest BCUT2D eigenvalue weighted by Crippen LogP contribution is -2.09. The van der Waals surface area contributed by atoms with Crippen molar-refractivity contribution in [2.75, 3.05) is 0 Å². The summed E-state index contributed by atoms with van der Waals surface area (Å²) >= 11 is 0.